The molecule has 0 aliphatic carbocycles. The minimum absolute atomic E-state index is 0.602. The summed E-state index contributed by atoms with van der Waals surface area (Å²) in [4.78, 5) is 6.70. The molecule has 1 aliphatic rings. The fourth-order valence-electron chi connectivity index (χ4n) is 2.99. The molecule has 0 saturated carbocycles. The number of hydrogen-bond donors (Lipinski definition) is 1. The predicted molar refractivity (Wildman–Crippen MR) is 86.9 cm³/mol. The van der Waals surface area contributed by atoms with Crippen LogP contribution in [0.5, 0.6) is 0 Å². The van der Waals surface area contributed by atoms with Gasteiger partial charge in [0.05, 0.1) is 0 Å². The molecule has 1 aliphatic heterocycles. The Labute approximate surface area is 126 Å². The molecule has 1 N–H and O–H groups in total. The number of nitrogens with zero attached hydrogens (tertiary/aromatic N) is 3. The quantitative estimate of drug-likeness (QED) is 0.936. The molecular weight excluding hydrogens is 260 g/mol. The van der Waals surface area contributed by atoms with Crippen molar-refractivity contribution in [3.8, 4) is 0 Å². The molecule has 3 rings (SSSR count). The van der Waals surface area contributed by atoms with E-state index in [-0.39, 0.29) is 0 Å². The van der Waals surface area contributed by atoms with Crippen molar-refractivity contribution in [2.24, 2.45) is 0 Å². The normalized spacial score (nSPS) is 16.1. The van der Waals surface area contributed by atoms with Crippen LogP contribution in [0.1, 0.15) is 30.3 Å². The van der Waals surface area contributed by atoms with Gasteiger partial charge in [-0.3, -0.25) is 0 Å². The highest BCUT2D eigenvalue weighted by Gasteiger charge is 2.17. The molecule has 0 spiro atoms. The summed E-state index contributed by atoms with van der Waals surface area (Å²) >= 11 is 0. The van der Waals surface area contributed by atoms with E-state index >= 15 is 0 Å². The molecule has 4 heteroatoms. The average Bonchev–Trinajstić information content (AvgIpc) is 2.97. The number of nitrogens with one attached hydrogen (secondary N) is 1. The van der Waals surface area contributed by atoms with E-state index in [0.717, 1.165) is 19.5 Å². The van der Waals surface area contributed by atoms with Crippen molar-refractivity contribution in [1.82, 2.24) is 14.9 Å². The van der Waals surface area contributed by atoms with E-state index in [1.54, 1.807) is 0 Å². The monoisotopic (exact) mass is 284 g/mol. The molecule has 0 amide bonds. The van der Waals surface area contributed by atoms with E-state index in [4.69, 9.17) is 0 Å². The molecule has 1 saturated heterocycles. The zero-order valence-corrected chi connectivity index (χ0v) is 12.9. The van der Waals surface area contributed by atoms with Crippen molar-refractivity contribution in [2.75, 3.05) is 32.1 Å². The fraction of sp³-hybridized carbons (Fsp3) is 0.471. The molecule has 0 bridgehead atoms. The number of hydrogen-bond acceptors (Lipinski definition) is 3. The van der Waals surface area contributed by atoms with E-state index in [1.165, 1.54) is 29.9 Å². The fourth-order valence-corrected chi connectivity index (χ4v) is 2.99. The van der Waals surface area contributed by atoms with Crippen LogP contribution in [0, 0.1) is 0 Å². The van der Waals surface area contributed by atoms with Gasteiger partial charge >= 0.3 is 0 Å². The number of benzene rings is 1. The Morgan fingerprint density at radius 3 is 2.57 bits per heavy atom. The smallest absolute Gasteiger partial charge is 0.113 e. The molecule has 1 aromatic heterocycles. The van der Waals surface area contributed by atoms with Crippen LogP contribution >= 0.6 is 0 Å². The van der Waals surface area contributed by atoms with Crippen molar-refractivity contribution in [1.29, 1.82) is 0 Å². The van der Waals surface area contributed by atoms with E-state index in [0.29, 0.717) is 6.04 Å². The Balaban J connectivity index is 1.74. The van der Waals surface area contributed by atoms with E-state index in [1.807, 2.05) is 6.20 Å². The van der Waals surface area contributed by atoms with Crippen LogP contribution < -0.4 is 10.2 Å². The van der Waals surface area contributed by atoms with Crippen molar-refractivity contribution in [3.63, 3.8) is 0 Å². The van der Waals surface area contributed by atoms with Crippen LogP contribution in [-0.4, -0.2) is 36.7 Å². The summed E-state index contributed by atoms with van der Waals surface area (Å²) in [6.07, 6.45) is 7.38. The van der Waals surface area contributed by atoms with Crippen molar-refractivity contribution in [2.45, 2.75) is 25.3 Å². The maximum atomic E-state index is 4.58. The summed E-state index contributed by atoms with van der Waals surface area (Å²) < 4.78 is 2.38. The van der Waals surface area contributed by atoms with Crippen LogP contribution in [-0.2, 0) is 6.42 Å². The first-order valence-corrected chi connectivity index (χ1v) is 7.73. The molecule has 0 radical (unpaired) electrons. The lowest BCUT2D eigenvalue weighted by atomic mass is 10.1. The third kappa shape index (κ3) is 3.27. The van der Waals surface area contributed by atoms with Crippen molar-refractivity contribution in [3.05, 3.63) is 48.0 Å². The summed E-state index contributed by atoms with van der Waals surface area (Å²) in [5, 5.41) is 3.42. The Hall–Kier alpha value is -1.81. The van der Waals surface area contributed by atoms with Gasteiger partial charge in [0.15, 0.2) is 0 Å². The van der Waals surface area contributed by atoms with Crippen molar-refractivity contribution < 1.29 is 0 Å². The topological polar surface area (TPSA) is 33.1 Å². The van der Waals surface area contributed by atoms with Gasteiger partial charge in [-0.1, -0.05) is 12.1 Å². The van der Waals surface area contributed by atoms with E-state index in [9.17, 15) is 0 Å². The molecule has 0 unspecified atom stereocenters. The summed E-state index contributed by atoms with van der Waals surface area (Å²) in [5.41, 5.74) is 2.56. The summed E-state index contributed by atoms with van der Waals surface area (Å²) in [5.74, 6) is 1.18. The highest BCUT2D eigenvalue weighted by atomic mass is 15.1. The molecule has 2 aromatic rings. The van der Waals surface area contributed by atoms with Gasteiger partial charge in [0, 0.05) is 44.6 Å². The molecule has 4 nitrogen and oxygen atoms in total. The van der Waals surface area contributed by atoms with Gasteiger partial charge in [-0.05, 0) is 43.6 Å². The lowest BCUT2D eigenvalue weighted by Gasteiger charge is -2.25. The van der Waals surface area contributed by atoms with Gasteiger partial charge in [0.2, 0.25) is 0 Å². The maximum absolute atomic E-state index is 4.58. The molecule has 112 valence electrons. The largest absolute Gasteiger partial charge is 0.378 e. The molecule has 2 heterocycles. The van der Waals surface area contributed by atoms with E-state index < -0.39 is 0 Å². The van der Waals surface area contributed by atoms with Crippen LogP contribution in [0.25, 0.3) is 0 Å². The second-order valence-corrected chi connectivity index (χ2v) is 5.97. The highest BCUT2D eigenvalue weighted by molar-refractivity contribution is 5.46. The van der Waals surface area contributed by atoms with Gasteiger partial charge in [0.25, 0.3) is 0 Å². The van der Waals surface area contributed by atoms with E-state index in [2.05, 4.69) is 64.3 Å². The Bertz CT molecular complexity index is 565. The number of imidazole rings is 1. The molecular formula is C17H24N4. The van der Waals surface area contributed by atoms with Gasteiger partial charge in [0.1, 0.15) is 5.82 Å². The SMILES string of the molecule is CN(C)c1ccc(Cc2nccn2C2CCNCC2)cc1. The second kappa shape index (κ2) is 6.31. The van der Waals surface area contributed by atoms with Gasteiger partial charge in [-0.25, -0.2) is 4.98 Å². The lowest BCUT2D eigenvalue weighted by Crippen LogP contribution is -2.29. The third-order valence-corrected chi connectivity index (χ3v) is 4.27. The Morgan fingerprint density at radius 2 is 1.90 bits per heavy atom. The summed E-state index contributed by atoms with van der Waals surface area (Å²) in [7, 11) is 4.14. The number of piperidine rings is 1. The molecule has 1 fully saturated rings. The highest BCUT2D eigenvalue weighted by Crippen LogP contribution is 2.22. The Morgan fingerprint density at radius 1 is 1.19 bits per heavy atom. The van der Waals surface area contributed by atoms with Gasteiger partial charge in [-0.2, -0.15) is 0 Å². The third-order valence-electron chi connectivity index (χ3n) is 4.27. The zero-order chi connectivity index (χ0) is 14.7. The first kappa shape index (κ1) is 14.1. The van der Waals surface area contributed by atoms with Crippen LogP contribution in [0.2, 0.25) is 0 Å². The number of aromatic nitrogens is 2. The van der Waals surface area contributed by atoms with Crippen LogP contribution in [0.3, 0.4) is 0 Å². The molecule has 21 heavy (non-hydrogen) atoms. The zero-order valence-electron chi connectivity index (χ0n) is 12.9. The van der Waals surface area contributed by atoms with Gasteiger partial charge in [-0.15, -0.1) is 0 Å². The Kier molecular flexibility index (Phi) is 4.25. The molecule has 0 atom stereocenters. The summed E-state index contributed by atoms with van der Waals surface area (Å²) in [6, 6.07) is 9.36. The minimum Gasteiger partial charge on any atom is -0.378 e. The average molecular weight is 284 g/mol. The molecule has 1 aromatic carbocycles. The lowest BCUT2D eigenvalue weighted by molar-refractivity contribution is 0.361. The standard InChI is InChI=1S/C17H24N4/c1-20(2)15-5-3-14(4-6-15)13-17-19-11-12-21(17)16-7-9-18-10-8-16/h3-6,11-12,16,18H,7-10,13H2,1-2H3. The van der Waals surface area contributed by atoms with Crippen LogP contribution in [0.4, 0.5) is 5.69 Å². The maximum Gasteiger partial charge on any atom is 0.113 e. The predicted octanol–water partition coefficient (Wildman–Crippen LogP) is 2.46. The number of rotatable bonds is 4. The van der Waals surface area contributed by atoms with Gasteiger partial charge < -0.3 is 14.8 Å². The first-order valence-electron chi connectivity index (χ1n) is 7.73. The van der Waals surface area contributed by atoms with Crippen LogP contribution in [0.15, 0.2) is 36.7 Å². The minimum atomic E-state index is 0.602. The first-order chi connectivity index (χ1) is 10.2. The summed E-state index contributed by atoms with van der Waals surface area (Å²) in [6.45, 7) is 2.22. The number of anilines is 1. The second-order valence-electron chi connectivity index (χ2n) is 5.97. The van der Waals surface area contributed by atoms with Crippen molar-refractivity contribution >= 4 is 5.69 Å².